The fourth-order valence-electron chi connectivity index (χ4n) is 3.89. The normalized spacial score (nSPS) is 10.9. The molecule has 0 radical (unpaired) electrons. The van der Waals surface area contributed by atoms with Gasteiger partial charge in [-0.25, -0.2) is 4.98 Å². The summed E-state index contributed by atoms with van der Waals surface area (Å²) in [5.41, 5.74) is 8.00. The van der Waals surface area contributed by atoms with Crippen molar-refractivity contribution in [3.63, 3.8) is 0 Å². The minimum absolute atomic E-state index is 0.698. The molecular formula is C28H24N4. The van der Waals surface area contributed by atoms with Crippen molar-refractivity contribution in [1.82, 2.24) is 15.0 Å². The average molecular weight is 417 g/mol. The number of anilines is 1. The summed E-state index contributed by atoms with van der Waals surface area (Å²) in [6.45, 7) is 4.86. The molecule has 0 atom stereocenters. The van der Waals surface area contributed by atoms with Crippen molar-refractivity contribution in [3.05, 3.63) is 108 Å². The van der Waals surface area contributed by atoms with Gasteiger partial charge in [0.15, 0.2) is 0 Å². The Bertz CT molecular complexity index is 1390. The zero-order valence-corrected chi connectivity index (χ0v) is 18.2. The third-order valence-electron chi connectivity index (χ3n) is 5.58. The zero-order chi connectivity index (χ0) is 21.9. The van der Waals surface area contributed by atoms with Crippen molar-refractivity contribution in [3.8, 4) is 22.4 Å². The Morgan fingerprint density at radius 1 is 0.719 bits per heavy atom. The predicted molar refractivity (Wildman–Crippen MR) is 131 cm³/mol. The van der Waals surface area contributed by atoms with Crippen LogP contribution in [0.15, 0.2) is 91.5 Å². The van der Waals surface area contributed by atoms with Gasteiger partial charge in [0, 0.05) is 42.3 Å². The highest BCUT2D eigenvalue weighted by atomic mass is 15.0. The molecule has 4 nitrogen and oxygen atoms in total. The van der Waals surface area contributed by atoms with E-state index in [1.54, 1.807) is 0 Å². The Morgan fingerprint density at radius 3 is 2.38 bits per heavy atom. The Hall–Kier alpha value is -4.05. The largest absolute Gasteiger partial charge is 0.365 e. The molecule has 5 rings (SSSR count). The van der Waals surface area contributed by atoms with Crippen LogP contribution in [-0.2, 0) is 6.54 Å². The number of benzene rings is 2. The van der Waals surface area contributed by atoms with E-state index in [4.69, 9.17) is 0 Å². The second-order valence-corrected chi connectivity index (χ2v) is 8.12. The lowest BCUT2D eigenvalue weighted by Gasteiger charge is -2.11. The van der Waals surface area contributed by atoms with Crippen molar-refractivity contribution in [2.75, 3.05) is 5.32 Å². The topological polar surface area (TPSA) is 50.7 Å². The Balaban J connectivity index is 1.35. The van der Waals surface area contributed by atoms with Crippen LogP contribution < -0.4 is 5.32 Å². The monoisotopic (exact) mass is 416 g/mol. The van der Waals surface area contributed by atoms with E-state index in [9.17, 15) is 0 Å². The van der Waals surface area contributed by atoms with Crippen molar-refractivity contribution in [2.24, 2.45) is 0 Å². The summed E-state index contributed by atoms with van der Waals surface area (Å²) in [6.07, 6.45) is 7.43. The Kier molecular flexibility index (Phi) is 5.34. The zero-order valence-electron chi connectivity index (χ0n) is 18.2. The molecule has 3 heterocycles. The van der Waals surface area contributed by atoms with Crippen LogP contribution in [0.3, 0.4) is 0 Å². The summed E-state index contributed by atoms with van der Waals surface area (Å²) in [7, 11) is 0. The maximum absolute atomic E-state index is 4.67. The first-order valence-corrected chi connectivity index (χ1v) is 10.7. The van der Waals surface area contributed by atoms with Crippen LogP contribution in [0.25, 0.3) is 33.2 Å². The number of rotatable bonds is 5. The number of aryl methyl sites for hydroxylation is 2. The number of nitrogens with one attached hydrogen (secondary N) is 1. The van der Waals surface area contributed by atoms with Gasteiger partial charge in [0.25, 0.3) is 0 Å². The predicted octanol–water partition coefficient (Wildman–Crippen LogP) is 6.59. The highest BCUT2D eigenvalue weighted by Crippen LogP contribution is 2.26. The second-order valence-electron chi connectivity index (χ2n) is 8.12. The minimum Gasteiger partial charge on any atom is -0.365 e. The van der Waals surface area contributed by atoms with Gasteiger partial charge in [0.05, 0.1) is 5.69 Å². The maximum Gasteiger partial charge on any atom is 0.135 e. The highest BCUT2D eigenvalue weighted by molar-refractivity contribution is 5.93. The van der Waals surface area contributed by atoms with Crippen LogP contribution in [0.2, 0.25) is 0 Å². The van der Waals surface area contributed by atoms with Crippen molar-refractivity contribution >= 4 is 16.6 Å². The molecule has 0 fully saturated rings. The summed E-state index contributed by atoms with van der Waals surface area (Å²) in [6, 6.07) is 23.5. The summed E-state index contributed by atoms with van der Waals surface area (Å²) < 4.78 is 0. The molecule has 156 valence electrons. The second kappa shape index (κ2) is 8.60. The third kappa shape index (κ3) is 4.21. The van der Waals surface area contributed by atoms with Crippen LogP contribution in [0, 0.1) is 13.8 Å². The average Bonchev–Trinajstić information content (AvgIpc) is 2.82. The molecular weight excluding hydrogens is 392 g/mol. The van der Waals surface area contributed by atoms with E-state index in [1.807, 2.05) is 37.8 Å². The van der Waals surface area contributed by atoms with Gasteiger partial charge in [0.2, 0.25) is 0 Å². The molecule has 4 heteroatoms. The molecule has 5 aromatic rings. The summed E-state index contributed by atoms with van der Waals surface area (Å²) in [4.78, 5) is 13.5. The van der Waals surface area contributed by atoms with Gasteiger partial charge < -0.3 is 5.32 Å². The van der Waals surface area contributed by atoms with Crippen molar-refractivity contribution in [1.29, 1.82) is 0 Å². The highest BCUT2D eigenvalue weighted by Gasteiger charge is 2.07. The molecule has 0 saturated carbocycles. The molecule has 0 aliphatic heterocycles. The number of pyridine rings is 3. The lowest BCUT2D eigenvalue weighted by molar-refractivity contribution is 1.12. The fourth-order valence-corrected chi connectivity index (χ4v) is 3.89. The molecule has 0 amide bonds. The van der Waals surface area contributed by atoms with E-state index >= 15 is 0 Å². The van der Waals surface area contributed by atoms with E-state index < -0.39 is 0 Å². The molecule has 2 aromatic carbocycles. The van der Waals surface area contributed by atoms with Crippen LogP contribution in [0.4, 0.5) is 5.82 Å². The van der Waals surface area contributed by atoms with Crippen LogP contribution >= 0.6 is 0 Å². The van der Waals surface area contributed by atoms with E-state index in [2.05, 4.69) is 87.9 Å². The number of aromatic nitrogens is 3. The Morgan fingerprint density at radius 2 is 1.56 bits per heavy atom. The van der Waals surface area contributed by atoms with Gasteiger partial charge in [-0.05, 0) is 59.7 Å². The Labute approximate surface area is 188 Å². The number of hydrogen-bond acceptors (Lipinski definition) is 4. The molecule has 3 aromatic heterocycles. The summed E-state index contributed by atoms with van der Waals surface area (Å²) >= 11 is 0. The number of fused-ring (bicyclic) bond motifs is 1. The van der Waals surface area contributed by atoms with Crippen molar-refractivity contribution < 1.29 is 0 Å². The first kappa shape index (κ1) is 19.9. The quantitative estimate of drug-likeness (QED) is 0.351. The summed E-state index contributed by atoms with van der Waals surface area (Å²) in [5.74, 6) is 0.840. The molecule has 0 saturated heterocycles. The first-order valence-electron chi connectivity index (χ1n) is 10.7. The van der Waals surface area contributed by atoms with E-state index in [0.29, 0.717) is 6.54 Å². The molecule has 0 aliphatic carbocycles. The lowest BCUT2D eigenvalue weighted by Crippen LogP contribution is -2.02. The van der Waals surface area contributed by atoms with E-state index in [0.717, 1.165) is 33.4 Å². The van der Waals surface area contributed by atoms with Gasteiger partial charge in [-0.15, -0.1) is 0 Å². The van der Waals surface area contributed by atoms with Gasteiger partial charge >= 0.3 is 0 Å². The molecule has 32 heavy (non-hydrogen) atoms. The maximum atomic E-state index is 4.67. The minimum atomic E-state index is 0.698. The molecule has 0 spiro atoms. The smallest absolute Gasteiger partial charge is 0.135 e. The molecule has 0 unspecified atom stereocenters. The summed E-state index contributed by atoms with van der Waals surface area (Å²) in [5, 5.41) is 5.59. The van der Waals surface area contributed by atoms with E-state index in [-0.39, 0.29) is 0 Å². The molecule has 0 bridgehead atoms. The lowest BCUT2D eigenvalue weighted by atomic mass is 10.0. The fraction of sp³-hybridized carbons (Fsp3) is 0.107. The molecule has 0 aliphatic rings. The standard InChI is InChI=1S/C28H24N4/c1-19-4-3-5-23(12-19)22-8-6-21(7-9-22)16-32-28-26-18-31-27(14-24(26)10-11-30-28)25-13-20(2)15-29-17-25/h3-15,17-18H,16H2,1-2H3,(H,30,32). The van der Waals surface area contributed by atoms with Crippen LogP contribution in [0.5, 0.6) is 0 Å². The number of hydrogen-bond donors (Lipinski definition) is 1. The van der Waals surface area contributed by atoms with E-state index in [1.165, 1.54) is 22.3 Å². The SMILES string of the molecule is Cc1cccc(-c2ccc(CNc3nccc4cc(-c5cncc(C)c5)ncc34)cc2)c1. The number of nitrogens with zero attached hydrogens (tertiary/aromatic N) is 3. The molecule has 1 N–H and O–H groups in total. The van der Waals surface area contributed by atoms with Crippen molar-refractivity contribution in [2.45, 2.75) is 20.4 Å². The van der Waals surface area contributed by atoms with Gasteiger partial charge in [0.1, 0.15) is 5.82 Å². The third-order valence-corrected chi connectivity index (χ3v) is 5.58. The first-order chi connectivity index (χ1) is 15.7. The van der Waals surface area contributed by atoms with Crippen LogP contribution in [-0.4, -0.2) is 15.0 Å². The van der Waals surface area contributed by atoms with Gasteiger partial charge in [-0.1, -0.05) is 54.1 Å². The van der Waals surface area contributed by atoms with Crippen LogP contribution in [0.1, 0.15) is 16.7 Å². The van der Waals surface area contributed by atoms with Gasteiger partial charge in [-0.3, -0.25) is 9.97 Å². The van der Waals surface area contributed by atoms with Gasteiger partial charge in [-0.2, -0.15) is 0 Å².